The Morgan fingerprint density at radius 1 is 0.323 bits per heavy atom. The van der Waals surface area contributed by atoms with E-state index in [4.69, 9.17) is 18.9 Å². The van der Waals surface area contributed by atoms with Crippen LogP contribution in [-0.4, -0.2) is 87.4 Å². The van der Waals surface area contributed by atoms with E-state index in [1.165, 1.54) is 89.9 Å². The Hall–Kier alpha value is -5.87. The van der Waals surface area contributed by atoms with E-state index in [1.54, 1.807) is 0 Å². The van der Waals surface area contributed by atoms with E-state index in [9.17, 15) is 19.5 Å². The quantitative estimate of drug-likeness (QED) is 0.0211. The molecule has 0 heterocycles. The average molecular weight is 1290 g/mol. The molecule has 522 valence electrons. The van der Waals surface area contributed by atoms with Crippen molar-refractivity contribution >= 4 is 17.9 Å². The molecule has 0 aliphatic rings. The number of ether oxygens (including phenoxy) is 4. The largest absolute Gasteiger partial charge is 0.477 e. The molecule has 0 amide bonds. The summed E-state index contributed by atoms with van der Waals surface area (Å²) in [5.41, 5.74) is 0. The van der Waals surface area contributed by atoms with Gasteiger partial charge in [-0.25, -0.2) is 4.79 Å². The second-order valence-electron chi connectivity index (χ2n) is 24.8. The van der Waals surface area contributed by atoms with Crippen molar-refractivity contribution in [1.82, 2.24) is 0 Å². The average Bonchev–Trinajstić information content (AvgIpc) is 3.74. The molecule has 0 radical (unpaired) electrons. The van der Waals surface area contributed by atoms with Crippen molar-refractivity contribution in [1.29, 1.82) is 0 Å². The van der Waals surface area contributed by atoms with Crippen LogP contribution >= 0.6 is 0 Å². The first-order valence-electron chi connectivity index (χ1n) is 36.6. The third-order valence-corrected chi connectivity index (χ3v) is 14.8. The third kappa shape index (κ3) is 73.4. The molecule has 0 saturated carbocycles. The van der Waals surface area contributed by atoms with Crippen molar-refractivity contribution in [3.8, 4) is 0 Å². The minimum Gasteiger partial charge on any atom is -0.477 e. The summed E-state index contributed by atoms with van der Waals surface area (Å²) < 4.78 is 22.9. The van der Waals surface area contributed by atoms with Gasteiger partial charge in [0.05, 0.1) is 34.4 Å². The van der Waals surface area contributed by atoms with Crippen LogP contribution in [0.3, 0.4) is 0 Å². The van der Waals surface area contributed by atoms with Crippen LogP contribution in [0, 0.1) is 0 Å². The molecule has 0 aliphatic heterocycles. The molecule has 0 rings (SSSR count). The Kier molecular flexibility index (Phi) is 67.4. The van der Waals surface area contributed by atoms with Crippen molar-refractivity contribution in [2.24, 2.45) is 0 Å². The molecule has 2 unspecified atom stereocenters. The molecule has 9 heteroatoms. The zero-order valence-corrected chi connectivity index (χ0v) is 59.6. The number of carboxylic acids is 1. The fourth-order valence-electron chi connectivity index (χ4n) is 9.34. The Morgan fingerprint density at radius 2 is 0.581 bits per heavy atom. The lowest BCUT2D eigenvalue weighted by Crippen LogP contribution is -2.40. The van der Waals surface area contributed by atoms with Gasteiger partial charge in [-0.2, -0.15) is 0 Å². The number of quaternary nitrogens is 1. The lowest BCUT2D eigenvalue weighted by atomic mass is 10.0. The van der Waals surface area contributed by atoms with E-state index in [0.717, 1.165) is 135 Å². The van der Waals surface area contributed by atoms with Gasteiger partial charge >= 0.3 is 17.9 Å². The van der Waals surface area contributed by atoms with E-state index in [0.29, 0.717) is 17.4 Å². The second kappa shape index (κ2) is 72.0. The maximum Gasteiger partial charge on any atom is 0.361 e. The number of hydrogen-bond acceptors (Lipinski definition) is 7. The van der Waals surface area contributed by atoms with Crippen molar-refractivity contribution in [3.63, 3.8) is 0 Å². The van der Waals surface area contributed by atoms with Gasteiger partial charge in [-0.3, -0.25) is 9.59 Å². The highest BCUT2D eigenvalue weighted by atomic mass is 16.7. The Balaban J connectivity index is 4.22. The molecule has 0 fully saturated rings. The van der Waals surface area contributed by atoms with Gasteiger partial charge in [0, 0.05) is 12.8 Å². The molecule has 0 saturated heterocycles. The number of nitrogens with zero attached hydrogens (tertiary/aromatic N) is 1. The van der Waals surface area contributed by atoms with Gasteiger partial charge in [0.15, 0.2) is 6.10 Å². The first kappa shape index (κ1) is 87.1. The summed E-state index contributed by atoms with van der Waals surface area (Å²) in [7, 11) is 5.95. The maximum atomic E-state index is 12.9. The number of allylic oxidation sites excluding steroid dienone is 32. The van der Waals surface area contributed by atoms with E-state index >= 15 is 0 Å². The minimum absolute atomic E-state index is 0.169. The standard InChI is InChI=1S/C84H133NO8/c1-6-8-10-12-14-16-18-20-22-24-26-28-30-32-34-36-38-40-41-43-44-46-48-50-52-54-56-58-60-62-64-66-68-70-72-74-81(86)91-78-80(79-92-84(83(88)89)90-77-76-85(3,4)5)93-82(87)75-73-71-69-67-65-63-61-59-57-55-53-51-49-47-45-42-39-37-35-33-31-29-27-25-23-21-19-17-15-13-11-9-7-2/h8-11,14-17,20-23,26-29,32-35,38-40,42,47,49,53,55,59,61,65,67,80,84H,6-7,12-13,18-19,24-25,30-31,36-37,41,43-46,48,50-52,54,56-58,60,62-64,66,68-79H2,1-5H3/p+1/b10-8-,11-9-,16-14-,17-15-,22-20-,23-21-,28-26-,29-27-,34-32-,35-33-,40-38-,42-39-,49-47-,55-53-,61-59-,67-65-. The minimum atomic E-state index is -1.54. The number of hydrogen-bond donors (Lipinski definition) is 1. The summed E-state index contributed by atoms with van der Waals surface area (Å²) in [6.07, 6.45) is 108. The van der Waals surface area contributed by atoms with Crippen LogP contribution in [0.4, 0.5) is 0 Å². The lowest BCUT2D eigenvalue weighted by molar-refractivity contribution is -0.870. The number of unbranched alkanes of at least 4 members (excludes halogenated alkanes) is 18. The number of likely N-dealkylation sites (N-methyl/N-ethyl adjacent to an activating group) is 1. The van der Waals surface area contributed by atoms with Crippen molar-refractivity contribution in [3.05, 3.63) is 194 Å². The van der Waals surface area contributed by atoms with E-state index < -0.39 is 24.3 Å². The van der Waals surface area contributed by atoms with Crippen molar-refractivity contribution in [2.45, 2.75) is 270 Å². The van der Waals surface area contributed by atoms with Gasteiger partial charge in [0.1, 0.15) is 13.2 Å². The Morgan fingerprint density at radius 3 is 0.882 bits per heavy atom. The maximum absolute atomic E-state index is 12.9. The fourth-order valence-corrected chi connectivity index (χ4v) is 9.34. The molecule has 0 aromatic carbocycles. The van der Waals surface area contributed by atoms with E-state index in [1.807, 2.05) is 21.1 Å². The van der Waals surface area contributed by atoms with Crippen LogP contribution in [0.5, 0.6) is 0 Å². The summed E-state index contributed by atoms with van der Waals surface area (Å²) in [6.45, 7) is 4.58. The van der Waals surface area contributed by atoms with Crippen molar-refractivity contribution < 1.29 is 42.9 Å². The first-order chi connectivity index (χ1) is 45.6. The van der Waals surface area contributed by atoms with Gasteiger partial charge in [0.2, 0.25) is 0 Å². The molecule has 93 heavy (non-hydrogen) atoms. The molecule has 0 spiro atoms. The number of rotatable bonds is 65. The predicted octanol–water partition coefficient (Wildman–Crippen LogP) is 23.4. The number of carbonyl (C=O) groups is 3. The second-order valence-corrected chi connectivity index (χ2v) is 24.8. The zero-order chi connectivity index (χ0) is 67.5. The molecule has 0 bridgehead atoms. The summed E-state index contributed by atoms with van der Waals surface area (Å²) in [4.78, 5) is 37.7. The molecular weight excluding hydrogens is 1150 g/mol. The molecular formula is C84H134NO8+. The smallest absolute Gasteiger partial charge is 0.361 e. The summed E-state index contributed by atoms with van der Waals surface area (Å²) >= 11 is 0. The first-order valence-corrected chi connectivity index (χ1v) is 36.6. The SMILES string of the molecule is CC/C=C\C/C=C\C/C=C\C/C=C\C/C=C\C/C=C\C/C=C\C/C=C\C/C=C\C/C=C\CCCCC(=O)OC(COC(=O)CCCCCCCCCCCCCCCCCC/C=C\C/C=C\C/C=C\C/C=C\C/C=C\C/C=C\CC)COC(OCC[N+](C)(C)C)C(=O)O. The van der Waals surface area contributed by atoms with Gasteiger partial charge < -0.3 is 28.5 Å². The van der Waals surface area contributed by atoms with Gasteiger partial charge in [0.25, 0.3) is 6.29 Å². The van der Waals surface area contributed by atoms with Crippen LogP contribution < -0.4 is 0 Å². The lowest BCUT2D eigenvalue weighted by Gasteiger charge is -2.25. The van der Waals surface area contributed by atoms with Crippen LogP contribution in [-0.2, 0) is 33.3 Å². The van der Waals surface area contributed by atoms with Crippen molar-refractivity contribution in [2.75, 3.05) is 47.5 Å². The molecule has 2 atom stereocenters. The monoisotopic (exact) mass is 1290 g/mol. The van der Waals surface area contributed by atoms with Crippen LogP contribution in [0.25, 0.3) is 0 Å². The zero-order valence-electron chi connectivity index (χ0n) is 59.6. The van der Waals surface area contributed by atoms with Crippen LogP contribution in [0.15, 0.2) is 194 Å². The summed E-state index contributed by atoms with van der Waals surface area (Å²) in [5, 5.41) is 9.75. The Bertz CT molecular complexity index is 2230. The van der Waals surface area contributed by atoms with Crippen LogP contribution in [0.1, 0.15) is 258 Å². The predicted molar refractivity (Wildman–Crippen MR) is 400 cm³/mol. The third-order valence-electron chi connectivity index (χ3n) is 14.8. The van der Waals surface area contributed by atoms with Gasteiger partial charge in [-0.15, -0.1) is 0 Å². The topological polar surface area (TPSA) is 108 Å². The number of esters is 2. The highest BCUT2D eigenvalue weighted by Crippen LogP contribution is 2.16. The normalized spacial score (nSPS) is 13.9. The molecule has 1 N–H and O–H groups in total. The highest BCUT2D eigenvalue weighted by Gasteiger charge is 2.25. The highest BCUT2D eigenvalue weighted by molar-refractivity contribution is 5.71. The fraction of sp³-hybridized carbons (Fsp3) is 0.583. The van der Waals surface area contributed by atoms with E-state index in [2.05, 4.69) is 208 Å². The Labute approximate surface area is 570 Å². The molecule has 9 nitrogen and oxygen atoms in total. The number of carboxylic acid groups (broad SMARTS) is 1. The van der Waals surface area contributed by atoms with Gasteiger partial charge in [-0.1, -0.05) is 298 Å². The van der Waals surface area contributed by atoms with Gasteiger partial charge in [-0.05, 0) is 141 Å². The molecule has 0 aromatic rings. The number of aliphatic carboxylic acids is 1. The van der Waals surface area contributed by atoms with Crippen LogP contribution in [0.2, 0.25) is 0 Å². The molecule has 0 aliphatic carbocycles. The summed E-state index contributed by atoms with van der Waals surface area (Å²) in [6, 6.07) is 0. The summed E-state index contributed by atoms with van der Waals surface area (Å²) in [5.74, 6) is -2.08. The number of carbonyl (C=O) groups excluding carboxylic acids is 2. The van der Waals surface area contributed by atoms with E-state index in [-0.39, 0.29) is 38.6 Å². The molecule has 0 aromatic heterocycles.